The highest BCUT2D eigenvalue weighted by molar-refractivity contribution is 6.07. The summed E-state index contributed by atoms with van der Waals surface area (Å²) in [6.07, 6.45) is -1.70. The van der Waals surface area contributed by atoms with E-state index in [1.165, 1.54) is 54.6 Å². The van der Waals surface area contributed by atoms with Crippen LogP contribution < -0.4 is 0 Å². The van der Waals surface area contributed by atoms with Gasteiger partial charge in [0.15, 0.2) is 5.78 Å². The van der Waals surface area contributed by atoms with Crippen LogP contribution in [-0.2, 0) is 6.18 Å². The number of allylic oxidation sites excluding steroid dienone is 1. The highest BCUT2D eigenvalue weighted by Gasteiger charge is 2.30. The van der Waals surface area contributed by atoms with Gasteiger partial charge in [0.1, 0.15) is 0 Å². The summed E-state index contributed by atoms with van der Waals surface area (Å²) in [4.78, 5) is 27.2. The van der Waals surface area contributed by atoms with Gasteiger partial charge in [-0.2, -0.15) is 13.2 Å². The quantitative estimate of drug-likeness (QED) is 0.526. The van der Waals surface area contributed by atoms with Crippen molar-refractivity contribution in [2.75, 3.05) is 0 Å². The first kappa shape index (κ1) is 18.3. The van der Waals surface area contributed by atoms with Crippen molar-refractivity contribution in [2.24, 2.45) is 0 Å². The molecule has 3 aromatic rings. The Hall–Kier alpha value is -3.48. The second-order valence-corrected chi connectivity index (χ2v) is 5.72. The number of hydrogen-bond acceptors (Lipinski definition) is 3. The lowest BCUT2D eigenvalue weighted by atomic mass is 10.1. The molecule has 0 unspecified atom stereocenters. The maximum absolute atomic E-state index is 12.7. The second kappa shape index (κ2) is 7.03. The maximum atomic E-state index is 12.7. The molecule has 0 bridgehead atoms. The van der Waals surface area contributed by atoms with Gasteiger partial charge in [-0.05, 0) is 48.6 Å². The molecule has 0 fully saturated rings. The monoisotopic (exact) mass is 371 g/mol. The van der Waals surface area contributed by atoms with Crippen molar-refractivity contribution in [1.29, 1.82) is 0 Å². The zero-order valence-corrected chi connectivity index (χ0v) is 13.7. The van der Waals surface area contributed by atoms with Crippen LogP contribution in [0.15, 0.2) is 60.7 Å². The molecule has 0 radical (unpaired) electrons. The molecule has 1 heterocycles. The summed E-state index contributed by atoms with van der Waals surface area (Å²) in [7, 11) is 0. The van der Waals surface area contributed by atoms with Crippen LogP contribution in [-0.4, -0.2) is 21.8 Å². The second-order valence-electron chi connectivity index (χ2n) is 5.72. The molecule has 136 valence electrons. The Morgan fingerprint density at radius 1 is 0.926 bits per heavy atom. The first-order valence-electron chi connectivity index (χ1n) is 7.78. The Morgan fingerprint density at radius 3 is 2.22 bits per heavy atom. The van der Waals surface area contributed by atoms with Crippen molar-refractivity contribution in [1.82, 2.24) is 4.98 Å². The van der Waals surface area contributed by atoms with E-state index in [9.17, 15) is 22.8 Å². The summed E-state index contributed by atoms with van der Waals surface area (Å²) in [5, 5.41) is 9.19. The molecule has 0 aliphatic rings. The third-order valence-corrected chi connectivity index (χ3v) is 3.86. The number of hydrogen-bond donors (Lipinski definition) is 1. The molecule has 27 heavy (non-hydrogen) atoms. The average molecular weight is 371 g/mol. The van der Waals surface area contributed by atoms with Crippen LogP contribution in [0.5, 0.6) is 0 Å². The van der Waals surface area contributed by atoms with Crippen LogP contribution >= 0.6 is 0 Å². The molecule has 1 N–H and O–H groups in total. The fraction of sp³-hybridized carbons (Fsp3) is 0.0500. The smallest absolute Gasteiger partial charge is 0.416 e. The third kappa shape index (κ3) is 4.20. The van der Waals surface area contributed by atoms with Crippen LogP contribution in [0.4, 0.5) is 13.2 Å². The number of rotatable bonds is 4. The number of halogens is 3. The van der Waals surface area contributed by atoms with Crippen molar-refractivity contribution in [3.63, 3.8) is 0 Å². The molecular formula is C20H12F3NO3. The number of aromatic carboxylic acids is 1. The minimum absolute atomic E-state index is 0.0740. The zero-order valence-electron chi connectivity index (χ0n) is 13.7. The normalized spacial score (nSPS) is 11.8. The van der Waals surface area contributed by atoms with E-state index in [1.54, 1.807) is 0 Å². The molecule has 2 aromatic carbocycles. The van der Waals surface area contributed by atoms with E-state index in [2.05, 4.69) is 4.98 Å². The molecule has 0 saturated carbocycles. The van der Waals surface area contributed by atoms with Crippen molar-refractivity contribution in [2.45, 2.75) is 6.18 Å². The maximum Gasteiger partial charge on any atom is 0.416 e. The molecule has 0 amide bonds. The fourth-order valence-corrected chi connectivity index (χ4v) is 2.44. The van der Waals surface area contributed by atoms with E-state index in [0.29, 0.717) is 22.2 Å². The first-order chi connectivity index (χ1) is 12.7. The third-order valence-electron chi connectivity index (χ3n) is 3.86. The zero-order chi connectivity index (χ0) is 19.6. The Labute approximate surface area is 151 Å². The summed E-state index contributed by atoms with van der Waals surface area (Å²) in [5.74, 6) is -1.43. The van der Waals surface area contributed by atoms with Crippen LogP contribution in [0.25, 0.3) is 17.0 Å². The lowest BCUT2D eigenvalue weighted by molar-refractivity contribution is -0.137. The predicted octanol–water partition coefficient (Wildman–Crippen LogP) is 4.85. The molecule has 0 spiro atoms. The SMILES string of the molecule is O=C(O)c1ccc(C(=O)C=Cc2ccc3cc(C(F)(F)F)ccc3n2)cc1. The van der Waals surface area contributed by atoms with Crippen molar-refractivity contribution in [3.8, 4) is 0 Å². The van der Waals surface area contributed by atoms with E-state index in [4.69, 9.17) is 5.11 Å². The minimum Gasteiger partial charge on any atom is -0.478 e. The number of fused-ring (bicyclic) bond motifs is 1. The summed E-state index contributed by atoms with van der Waals surface area (Å²) in [5.41, 5.74) is 0.429. The van der Waals surface area contributed by atoms with Gasteiger partial charge in [-0.1, -0.05) is 18.2 Å². The van der Waals surface area contributed by atoms with Gasteiger partial charge in [0.25, 0.3) is 0 Å². The Bertz CT molecular complexity index is 1050. The minimum atomic E-state index is -4.42. The standard InChI is InChI=1S/C20H12F3NO3/c21-20(22,23)15-6-9-17-14(11-15)5-7-16(24-17)8-10-18(25)12-1-3-13(4-2-12)19(26)27/h1-11H,(H,26,27). The number of alkyl halides is 3. The van der Waals surface area contributed by atoms with Crippen LogP contribution in [0, 0.1) is 0 Å². The number of ketones is 1. The molecule has 1 aromatic heterocycles. The fourth-order valence-electron chi connectivity index (χ4n) is 2.44. The number of carboxylic acids is 1. The van der Waals surface area contributed by atoms with Gasteiger partial charge in [-0.3, -0.25) is 4.79 Å². The molecular weight excluding hydrogens is 359 g/mol. The van der Waals surface area contributed by atoms with Crippen LogP contribution in [0.2, 0.25) is 0 Å². The molecule has 0 atom stereocenters. The van der Waals surface area contributed by atoms with Gasteiger partial charge in [0.05, 0.1) is 22.3 Å². The largest absolute Gasteiger partial charge is 0.478 e. The summed E-state index contributed by atoms with van der Waals surface area (Å²) >= 11 is 0. The van der Waals surface area contributed by atoms with E-state index in [-0.39, 0.29) is 11.3 Å². The van der Waals surface area contributed by atoms with Gasteiger partial charge < -0.3 is 5.11 Å². The Morgan fingerprint density at radius 2 is 1.59 bits per heavy atom. The van der Waals surface area contributed by atoms with Gasteiger partial charge in [0.2, 0.25) is 0 Å². The van der Waals surface area contributed by atoms with Gasteiger partial charge in [-0.25, -0.2) is 9.78 Å². The van der Waals surface area contributed by atoms with Crippen LogP contribution in [0.3, 0.4) is 0 Å². The first-order valence-corrected chi connectivity index (χ1v) is 7.78. The Balaban J connectivity index is 1.81. The molecule has 3 rings (SSSR count). The summed E-state index contributed by atoms with van der Waals surface area (Å²) < 4.78 is 38.2. The number of carbonyl (C=O) groups is 2. The van der Waals surface area contributed by atoms with Crippen LogP contribution in [0.1, 0.15) is 32.0 Å². The number of aromatic nitrogens is 1. The number of benzene rings is 2. The summed E-state index contributed by atoms with van der Waals surface area (Å²) in [6, 6.07) is 11.7. The molecule has 4 nitrogen and oxygen atoms in total. The van der Waals surface area contributed by atoms with Gasteiger partial charge in [0, 0.05) is 10.9 Å². The lowest BCUT2D eigenvalue weighted by Gasteiger charge is -2.07. The lowest BCUT2D eigenvalue weighted by Crippen LogP contribution is -2.04. The van der Waals surface area contributed by atoms with E-state index in [0.717, 1.165) is 12.1 Å². The van der Waals surface area contributed by atoms with Crippen molar-refractivity contribution in [3.05, 3.63) is 83.1 Å². The highest BCUT2D eigenvalue weighted by Crippen LogP contribution is 2.31. The molecule has 0 aliphatic carbocycles. The topological polar surface area (TPSA) is 67.3 Å². The molecule has 0 saturated heterocycles. The predicted molar refractivity (Wildman–Crippen MR) is 93.5 cm³/mol. The van der Waals surface area contributed by atoms with E-state index < -0.39 is 17.7 Å². The Kier molecular flexibility index (Phi) is 4.77. The number of carboxylic acid groups (broad SMARTS) is 1. The number of carbonyl (C=O) groups excluding carboxylic acids is 1. The van der Waals surface area contributed by atoms with E-state index in [1.807, 2.05) is 0 Å². The summed E-state index contributed by atoms with van der Waals surface area (Å²) in [6.45, 7) is 0. The van der Waals surface area contributed by atoms with Gasteiger partial charge in [-0.15, -0.1) is 0 Å². The van der Waals surface area contributed by atoms with Crippen molar-refractivity contribution >= 4 is 28.7 Å². The number of nitrogens with zero attached hydrogens (tertiary/aromatic N) is 1. The highest BCUT2D eigenvalue weighted by atomic mass is 19.4. The van der Waals surface area contributed by atoms with E-state index >= 15 is 0 Å². The number of pyridine rings is 1. The van der Waals surface area contributed by atoms with Crippen molar-refractivity contribution < 1.29 is 27.9 Å². The average Bonchev–Trinajstić information content (AvgIpc) is 2.64. The van der Waals surface area contributed by atoms with Gasteiger partial charge >= 0.3 is 12.1 Å². The molecule has 0 aliphatic heterocycles. The molecule has 7 heteroatoms.